The van der Waals surface area contributed by atoms with Crippen molar-refractivity contribution in [3.63, 3.8) is 0 Å². The van der Waals surface area contributed by atoms with Gasteiger partial charge in [-0.3, -0.25) is 0 Å². The molecular weight excluding hydrogens is 312 g/mol. The molecule has 2 aliphatic carbocycles. The van der Waals surface area contributed by atoms with Crippen molar-refractivity contribution in [1.82, 2.24) is 4.98 Å². The van der Waals surface area contributed by atoms with Crippen LogP contribution in [0.3, 0.4) is 0 Å². The van der Waals surface area contributed by atoms with Crippen molar-refractivity contribution in [3.05, 3.63) is 23.4 Å². The molecule has 5 heteroatoms. The zero-order valence-electron chi connectivity index (χ0n) is 15.8. The topological polar surface area (TPSA) is 77.4 Å². The number of hydrogen-bond acceptors (Lipinski definition) is 5. The van der Waals surface area contributed by atoms with Crippen LogP contribution < -0.4 is 16.4 Å². The Kier molecular flexibility index (Phi) is 4.09. The third-order valence-corrected chi connectivity index (χ3v) is 6.48. The van der Waals surface area contributed by atoms with Crippen molar-refractivity contribution in [2.75, 3.05) is 18.0 Å². The predicted octanol–water partition coefficient (Wildman–Crippen LogP) is 2.45. The van der Waals surface area contributed by atoms with E-state index in [0.717, 1.165) is 56.7 Å². The van der Waals surface area contributed by atoms with Gasteiger partial charge in [-0.25, -0.2) is 4.98 Å². The van der Waals surface area contributed by atoms with Crippen LogP contribution in [0, 0.1) is 12.3 Å². The van der Waals surface area contributed by atoms with Crippen LogP contribution in [0.5, 0.6) is 0 Å². The van der Waals surface area contributed by atoms with Gasteiger partial charge in [0.1, 0.15) is 5.82 Å². The van der Waals surface area contributed by atoms with Gasteiger partial charge in [0, 0.05) is 30.4 Å². The molecule has 1 aromatic rings. The number of rotatable bonds is 3. The molecule has 0 bridgehead atoms. The van der Waals surface area contributed by atoms with E-state index in [4.69, 9.17) is 21.2 Å². The number of ether oxygens (including phenoxy) is 1. The number of aryl methyl sites for hydroxylation is 1. The number of pyridine rings is 1. The van der Waals surface area contributed by atoms with Gasteiger partial charge >= 0.3 is 0 Å². The van der Waals surface area contributed by atoms with Gasteiger partial charge < -0.3 is 21.1 Å². The summed E-state index contributed by atoms with van der Waals surface area (Å²) in [4.78, 5) is 7.28. The Bertz CT molecular complexity index is 647. The predicted molar refractivity (Wildman–Crippen MR) is 101 cm³/mol. The Morgan fingerprint density at radius 1 is 1.28 bits per heavy atom. The lowest BCUT2D eigenvalue weighted by Crippen LogP contribution is -2.63. The molecule has 4 rings (SSSR count). The number of nitrogens with zero attached hydrogens (tertiary/aromatic N) is 2. The lowest BCUT2D eigenvalue weighted by Gasteiger charge is -2.62. The maximum absolute atomic E-state index is 6.74. The average molecular weight is 345 g/mol. The molecule has 3 fully saturated rings. The van der Waals surface area contributed by atoms with E-state index >= 15 is 0 Å². The molecule has 3 aliphatic rings. The second-order valence-electron chi connectivity index (χ2n) is 8.86. The van der Waals surface area contributed by atoms with Crippen molar-refractivity contribution in [2.45, 2.75) is 76.7 Å². The van der Waals surface area contributed by atoms with Crippen molar-refractivity contribution in [3.8, 4) is 0 Å². The summed E-state index contributed by atoms with van der Waals surface area (Å²) in [5.74, 6) is 1.05. The SMILES string of the molecule is CC[C@@H]1CN(c2ccc(C3(N)CC4(CC(N)C4)C3)c(C)n2)C[C@@H](C)O1. The average Bonchev–Trinajstić information content (AvgIpc) is 2.51. The quantitative estimate of drug-likeness (QED) is 0.881. The summed E-state index contributed by atoms with van der Waals surface area (Å²) in [6, 6.07) is 4.75. The Labute approximate surface area is 151 Å². The summed E-state index contributed by atoms with van der Waals surface area (Å²) in [6.45, 7) is 8.24. The fourth-order valence-corrected chi connectivity index (χ4v) is 5.53. The smallest absolute Gasteiger partial charge is 0.128 e. The van der Waals surface area contributed by atoms with E-state index < -0.39 is 0 Å². The molecule has 0 amide bonds. The van der Waals surface area contributed by atoms with E-state index in [0.29, 0.717) is 17.6 Å². The second kappa shape index (κ2) is 5.93. The number of morpholine rings is 1. The lowest BCUT2D eigenvalue weighted by atomic mass is 9.46. The van der Waals surface area contributed by atoms with Gasteiger partial charge in [-0.1, -0.05) is 13.0 Å². The van der Waals surface area contributed by atoms with E-state index in [1.165, 1.54) is 5.56 Å². The minimum absolute atomic E-state index is 0.208. The summed E-state index contributed by atoms with van der Waals surface area (Å²) in [5, 5.41) is 0. The van der Waals surface area contributed by atoms with Crippen LogP contribution in [0.2, 0.25) is 0 Å². The van der Waals surface area contributed by atoms with Crippen LogP contribution in [-0.2, 0) is 10.3 Å². The highest BCUT2D eigenvalue weighted by molar-refractivity contribution is 5.45. The molecular formula is C20H32N4O. The minimum atomic E-state index is -0.208. The van der Waals surface area contributed by atoms with Crippen LogP contribution in [-0.4, -0.2) is 36.3 Å². The zero-order chi connectivity index (χ0) is 17.8. The summed E-state index contributed by atoms with van der Waals surface area (Å²) < 4.78 is 5.97. The number of anilines is 1. The highest BCUT2D eigenvalue weighted by Crippen LogP contribution is 2.62. The summed E-state index contributed by atoms with van der Waals surface area (Å²) in [5.41, 5.74) is 15.2. The zero-order valence-corrected chi connectivity index (χ0v) is 15.8. The highest BCUT2D eigenvalue weighted by atomic mass is 16.5. The van der Waals surface area contributed by atoms with Crippen molar-refractivity contribution >= 4 is 5.82 Å². The van der Waals surface area contributed by atoms with E-state index in [1.54, 1.807) is 0 Å². The minimum Gasteiger partial charge on any atom is -0.372 e. The Balaban J connectivity index is 1.50. The van der Waals surface area contributed by atoms with Gasteiger partial charge in [-0.15, -0.1) is 0 Å². The maximum atomic E-state index is 6.74. The molecule has 0 radical (unpaired) electrons. The number of nitrogens with two attached hydrogens (primary N) is 2. The monoisotopic (exact) mass is 344 g/mol. The normalized spacial score (nSPS) is 40.7. The molecule has 4 N–H and O–H groups in total. The van der Waals surface area contributed by atoms with Gasteiger partial charge in [-0.05, 0) is 63.0 Å². The Morgan fingerprint density at radius 3 is 2.60 bits per heavy atom. The summed E-state index contributed by atoms with van der Waals surface area (Å²) in [7, 11) is 0. The van der Waals surface area contributed by atoms with Crippen LogP contribution >= 0.6 is 0 Å². The van der Waals surface area contributed by atoms with Crippen molar-refractivity contribution < 1.29 is 4.74 Å². The third kappa shape index (κ3) is 2.96. The largest absolute Gasteiger partial charge is 0.372 e. The molecule has 2 heterocycles. The number of aromatic nitrogens is 1. The fraction of sp³-hybridized carbons (Fsp3) is 0.750. The molecule has 138 valence electrons. The second-order valence-corrected chi connectivity index (χ2v) is 8.86. The van der Waals surface area contributed by atoms with Crippen LogP contribution in [0.4, 0.5) is 5.82 Å². The first-order valence-electron chi connectivity index (χ1n) is 9.75. The molecule has 2 saturated carbocycles. The Morgan fingerprint density at radius 2 is 2.00 bits per heavy atom. The van der Waals surface area contributed by atoms with Gasteiger partial charge in [0.2, 0.25) is 0 Å². The highest BCUT2D eigenvalue weighted by Gasteiger charge is 2.58. The molecule has 5 nitrogen and oxygen atoms in total. The molecule has 1 aromatic heterocycles. The molecule has 1 spiro atoms. The molecule has 1 aliphatic heterocycles. The van der Waals surface area contributed by atoms with Crippen LogP contribution in [0.15, 0.2) is 12.1 Å². The molecule has 1 saturated heterocycles. The van der Waals surface area contributed by atoms with E-state index in [9.17, 15) is 0 Å². The molecule has 0 unspecified atom stereocenters. The van der Waals surface area contributed by atoms with Crippen molar-refractivity contribution in [2.24, 2.45) is 16.9 Å². The first kappa shape index (κ1) is 17.3. The van der Waals surface area contributed by atoms with E-state index in [1.807, 2.05) is 0 Å². The van der Waals surface area contributed by atoms with Gasteiger partial charge in [0.05, 0.1) is 12.2 Å². The fourth-order valence-electron chi connectivity index (χ4n) is 5.53. The molecule has 0 aromatic carbocycles. The first-order chi connectivity index (χ1) is 11.8. The van der Waals surface area contributed by atoms with Crippen LogP contribution in [0.1, 0.15) is 57.2 Å². The standard InChI is InChI=1S/C20H32N4O/c1-4-16-10-24(9-13(2)25-16)18-6-5-17(14(3)23-18)20(22)11-19(12-20)7-15(21)8-19/h5-6,13,15-16H,4,7-12,21-22H2,1-3H3/t13-,15?,16-,19?,20?/m1/s1. The van der Waals surface area contributed by atoms with Gasteiger partial charge in [0.15, 0.2) is 0 Å². The maximum Gasteiger partial charge on any atom is 0.128 e. The van der Waals surface area contributed by atoms with Crippen molar-refractivity contribution in [1.29, 1.82) is 0 Å². The first-order valence-corrected chi connectivity index (χ1v) is 9.75. The summed E-state index contributed by atoms with van der Waals surface area (Å²) >= 11 is 0. The third-order valence-electron chi connectivity index (χ3n) is 6.48. The van der Waals surface area contributed by atoms with E-state index in [-0.39, 0.29) is 11.6 Å². The summed E-state index contributed by atoms with van der Waals surface area (Å²) in [6.07, 6.45) is 5.97. The Hall–Kier alpha value is -1.17. The molecule has 25 heavy (non-hydrogen) atoms. The van der Waals surface area contributed by atoms with Gasteiger partial charge in [-0.2, -0.15) is 0 Å². The number of hydrogen-bond donors (Lipinski definition) is 2. The lowest BCUT2D eigenvalue weighted by molar-refractivity contribution is -0.0594. The van der Waals surface area contributed by atoms with Crippen LogP contribution in [0.25, 0.3) is 0 Å². The van der Waals surface area contributed by atoms with E-state index in [2.05, 4.69) is 37.8 Å². The van der Waals surface area contributed by atoms with Gasteiger partial charge in [0.25, 0.3) is 0 Å². The molecule has 2 atom stereocenters.